The SMILES string of the molecule is Cc1ccc(Oc2ccc(Cc3nsc(N4CCN(S(=O)(=O)c5cccc(C(=O)O)c5)CC4)n3)cc2)cc1. The minimum atomic E-state index is -3.78. The van der Waals surface area contributed by atoms with E-state index in [0.29, 0.717) is 25.3 Å². The van der Waals surface area contributed by atoms with Gasteiger partial charge >= 0.3 is 5.97 Å². The lowest BCUT2D eigenvalue weighted by molar-refractivity contribution is 0.0696. The highest BCUT2D eigenvalue weighted by Crippen LogP contribution is 2.25. The first-order valence-corrected chi connectivity index (χ1v) is 14.2. The van der Waals surface area contributed by atoms with E-state index in [1.807, 2.05) is 60.4 Å². The summed E-state index contributed by atoms with van der Waals surface area (Å²) in [6, 6.07) is 21.2. The zero-order valence-electron chi connectivity index (χ0n) is 20.6. The summed E-state index contributed by atoms with van der Waals surface area (Å²) in [5.74, 6) is 1.09. The number of nitrogens with zero attached hydrogens (tertiary/aromatic N) is 4. The van der Waals surface area contributed by atoms with Crippen LogP contribution in [0.15, 0.2) is 77.7 Å². The standard InChI is InChI=1S/C27H26N4O5S2/c1-19-5-9-22(10-6-19)36-23-11-7-20(8-12-23)17-25-28-27(37-29-25)30-13-15-31(16-14-30)38(34,35)24-4-2-3-21(18-24)26(32)33/h2-12,18H,13-17H2,1H3,(H,32,33). The van der Waals surface area contributed by atoms with Gasteiger partial charge in [-0.1, -0.05) is 35.9 Å². The lowest BCUT2D eigenvalue weighted by Gasteiger charge is -2.33. The number of aromatic carboxylic acids is 1. The number of hydrogen-bond donors (Lipinski definition) is 1. The first-order valence-electron chi connectivity index (χ1n) is 12.0. The Morgan fingerprint density at radius 1 is 0.974 bits per heavy atom. The van der Waals surface area contributed by atoms with Gasteiger partial charge < -0.3 is 14.7 Å². The third-order valence-electron chi connectivity index (χ3n) is 6.23. The number of aryl methyl sites for hydroxylation is 1. The number of ether oxygens (including phenoxy) is 1. The van der Waals surface area contributed by atoms with Crippen molar-refractivity contribution in [3.05, 3.63) is 95.3 Å². The summed E-state index contributed by atoms with van der Waals surface area (Å²) in [5.41, 5.74) is 2.18. The summed E-state index contributed by atoms with van der Waals surface area (Å²) in [6.45, 7) is 3.52. The summed E-state index contributed by atoms with van der Waals surface area (Å²) in [4.78, 5) is 17.9. The van der Waals surface area contributed by atoms with E-state index in [1.165, 1.54) is 45.7 Å². The molecule has 1 N–H and O–H groups in total. The molecule has 11 heteroatoms. The van der Waals surface area contributed by atoms with Crippen LogP contribution in [-0.2, 0) is 16.4 Å². The van der Waals surface area contributed by atoms with Gasteiger partial charge in [0.05, 0.1) is 10.5 Å². The average molecular weight is 551 g/mol. The van der Waals surface area contributed by atoms with Crippen molar-refractivity contribution in [2.45, 2.75) is 18.2 Å². The fourth-order valence-corrected chi connectivity index (χ4v) is 6.31. The number of anilines is 1. The van der Waals surface area contributed by atoms with Crippen LogP contribution in [0.4, 0.5) is 5.13 Å². The van der Waals surface area contributed by atoms with E-state index in [1.54, 1.807) is 0 Å². The molecule has 5 rings (SSSR count). The first-order chi connectivity index (χ1) is 18.3. The van der Waals surface area contributed by atoms with Crippen LogP contribution in [0.3, 0.4) is 0 Å². The Kier molecular flexibility index (Phi) is 7.41. The quantitative estimate of drug-likeness (QED) is 0.343. The maximum absolute atomic E-state index is 13.0. The second-order valence-corrected chi connectivity index (χ2v) is 11.6. The first kappa shape index (κ1) is 25.8. The fraction of sp³-hybridized carbons (Fsp3) is 0.222. The van der Waals surface area contributed by atoms with Crippen LogP contribution >= 0.6 is 11.5 Å². The molecule has 0 bridgehead atoms. The van der Waals surface area contributed by atoms with Crippen molar-refractivity contribution in [3.63, 3.8) is 0 Å². The minimum absolute atomic E-state index is 0.0145. The Balaban J connectivity index is 1.17. The van der Waals surface area contributed by atoms with E-state index < -0.39 is 16.0 Å². The lowest BCUT2D eigenvalue weighted by atomic mass is 10.1. The molecular formula is C27H26N4O5S2. The summed E-state index contributed by atoms with van der Waals surface area (Å²) in [7, 11) is -3.78. The van der Waals surface area contributed by atoms with Crippen molar-refractivity contribution in [1.82, 2.24) is 13.7 Å². The predicted octanol–water partition coefficient (Wildman–Crippen LogP) is 4.44. The van der Waals surface area contributed by atoms with Gasteiger partial charge in [0.1, 0.15) is 17.3 Å². The lowest BCUT2D eigenvalue weighted by Crippen LogP contribution is -2.48. The van der Waals surface area contributed by atoms with E-state index in [4.69, 9.17) is 4.74 Å². The van der Waals surface area contributed by atoms with Crippen molar-refractivity contribution in [2.24, 2.45) is 0 Å². The highest BCUT2D eigenvalue weighted by atomic mass is 32.2. The summed E-state index contributed by atoms with van der Waals surface area (Å²) >= 11 is 1.30. The van der Waals surface area contributed by atoms with Gasteiger partial charge in [0.15, 0.2) is 0 Å². The predicted molar refractivity (Wildman–Crippen MR) is 145 cm³/mol. The van der Waals surface area contributed by atoms with Gasteiger partial charge in [-0.15, -0.1) is 0 Å². The monoisotopic (exact) mass is 550 g/mol. The molecule has 1 fully saturated rings. The Morgan fingerprint density at radius 2 is 1.63 bits per heavy atom. The number of piperazine rings is 1. The van der Waals surface area contributed by atoms with E-state index in [2.05, 4.69) is 9.36 Å². The van der Waals surface area contributed by atoms with Crippen molar-refractivity contribution in [3.8, 4) is 11.5 Å². The highest BCUT2D eigenvalue weighted by molar-refractivity contribution is 7.89. The number of sulfonamides is 1. The molecule has 1 aliphatic heterocycles. The molecule has 0 atom stereocenters. The molecule has 4 aromatic rings. The molecule has 2 heterocycles. The number of carboxylic acids is 1. The summed E-state index contributed by atoms with van der Waals surface area (Å²) in [6.07, 6.45) is 0.579. The topological polar surface area (TPSA) is 113 Å². The smallest absolute Gasteiger partial charge is 0.335 e. The normalized spacial score (nSPS) is 14.4. The zero-order valence-corrected chi connectivity index (χ0v) is 22.3. The molecule has 0 spiro atoms. The minimum Gasteiger partial charge on any atom is -0.478 e. The van der Waals surface area contributed by atoms with Gasteiger partial charge in [0.25, 0.3) is 0 Å². The van der Waals surface area contributed by atoms with Crippen LogP contribution in [0.25, 0.3) is 0 Å². The number of rotatable bonds is 8. The maximum atomic E-state index is 13.0. The van der Waals surface area contributed by atoms with E-state index in [0.717, 1.165) is 22.2 Å². The van der Waals surface area contributed by atoms with Crippen LogP contribution < -0.4 is 9.64 Å². The van der Waals surface area contributed by atoms with E-state index >= 15 is 0 Å². The molecule has 3 aromatic carbocycles. The Hall–Kier alpha value is -3.80. The zero-order chi connectivity index (χ0) is 26.7. The Bertz CT molecular complexity index is 1530. The van der Waals surface area contributed by atoms with Crippen LogP contribution in [0.1, 0.15) is 27.3 Å². The molecule has 38 heavy (non-hydrogen) atoms. The molecule has 0 aliphatic carbocycles. The molecule has 196 valence electrons. The highest BCUT2D eigenvalue weighted by Gasteiger charge is 2.30. The second-order valence-electron chi connectivity index (χ2n) is 8.95. The van der Waals surface area contributed by atoms with Gasteiger partial charge in [0.2, 0.25) is 15.2 Å². The molecule has 0 unspecified atom stereocenters. The molecule has 1 saturated heterocycles. The summed E-state index contributed by atoms with van der Waals surface area (Å²) < 4.78 is 37.8. The van der Waals surface area contributed by atoms with Crippen LogP contribution in [0.2, 0.25) is 0 Å². The van der Waals surface area contributed by atoms with Gasteiger partial charge in [-0.05, 0) is 55.0 Å². The molecule has 0 amide bonds. The third kappa shape index (κ3) is 5.85. The number of aromatic nitrogens is 2. The Morgan fingerprint density at radius 3 is 2.29 bits per heavy atom. The van der Waals surface area contributed by atoms with Gasteiger partial charge in [-0.3, -0.25) is 0 Å². The Labute approximate surface area is 225 Å². The fourth-order valence-electron chi connectivity index (χ4n) is 4.10. The van der Waals surface area contributed by atoms with Crippen LogP contribution in [0, 0.1) is 6.92 Å². The maximum Gasteiger partial charge on any atom is 0.335 e. The van der Waals surface area contributed by atoms with Gasteiger partial charge in [-0.25, -0.2) is 18.2 Å². The van der Waals surface area contributed by atoms with Crippen molar-refractivity contribution in [2.75, 3.05) is 31.1 Å². The molecule has 0 saturated carbocycles. The number of carboxylic acid groups (broad SMARTS) is 1. The third-order valence-corrected chi connectivity index (χ3v) is 8.94. The van der Waals surface area contributed by atoms with E-state index in [-0.39, 0.29) is 23.5 Å². The van der Waals surface area contributed by atoms with Gasteiger partial charge in [0, 0.05) is 44.1 Å². The number of carbonyl (C=O) groups is 1. The molecule has 9 nitrogen and oxygen atoms in total. The molecular weight excluding hydrogens is 524 g/mol. The van der Waals surface area contributed by atoms with Crippen LogP contribution in [-0.4, -0.2) is 59.3 Å². The molecule has 1 aliphatic rings. The molecule has 1 aromatic heterocycles. The van der Waals surface area contributed by atoms with Crippen LogP contribution in [0.5, 0.6) is 11.5 Å². The van der Waals surface area contributed by atoms with Gasteiger partial charge in [-0.2, -0.15) is 8.68 Å². The molecule has 0 radical (unpaired) electrons. The van der Waals surface area contributed by atoms with E-state index in [9.17, 15) is 18.3 Å². The largest absolute Gasteiger partial charge is 0.478 e. The van der Waals surface area contributed by atoms with Crippen molar-refractivity contribution < 1.29 is 23.1 Å². The van der Waals surface area contributed by atoms with Crippen molar-refractivity contribution in [1.29, 1.82) is 0 Å². The number of hydrogen-bond acceptors (Lipinski definition) is 8. The number of benzene rings is 3. The summed E-state index contributed by atoms with van der Waals surface area (Å²) in [5, 5.41) is 9.94. The second kappa shape index (κ2) is 10.9. The average Bonchev–Trinajstić information content (AvgIpc) is 3.40. The van der Waals surface area contributed by atoms with Crippen molar-refractivity contribution >= 4 is 32.7 Å².